The zero-order valence-electron chi connectivity index (χ0n) is 9.00. The molecule has 1 aromatic rings. The van der Waals surface area contributed by atoms with Crippen molar-refractivity contribution in [3.05, 3.63) is 20.8 Å². The van der Waals surface area contributed by atoms with Crippen molar-refractivity contribution in [2.24, 2.45) is 5.84 Å². The maximum Gasteiger partial charge on any atom is 0.0738 e. The number of rotatable bonds is 6. The van der Waals surface area contributed by atoms with E-state index in [0.717, 1.165) is 16.6 Å². The van der Waals surface area contributed by atoms with Gasteiger partial charge in [-0.3, -0.25) is 11.3 Å². The number of hydrogen-bond donors (Lipinski definition) is 2. The molecular weight excluding hydrogens is 276 g/mol. The molecule has 3 nitrogen and oxygen atoms in total. The summed E-state index contributed by atoms with van der Waals surface area (Å²) in [6.07, 6.45) is 2.02. The number of nitrogens with one attached hydrogen (secondary N) is 1. The first kappa shape index (κ1) is 13.1. The van der Waals surface area contributed by atoms with Gasteiger partial charge in [-0.1, -0.05) is 6.92 Å². The van der Waals surface area contributed by atoms with Gasteiger partial charge in [0, 0.05) is 18.4 Å². The van der Waals surface area contributed by atoms with Crippen molar-refractivity contribution in [3.63, 3.8) is 0 Å². The molecule has 1 aromatic heterocycles. The molecule has 0 aliphatic carbocycles. The summed E-state index contributed by atoms with van der Waals surface area (Å²) in [4.78, 5) is 1.31. The van der Waals surface area contributed by atoms with Gasteiger partial charge in [0.1, 0.15) is 0 Å². The van der Waals surface area contributed by atoms with Crippen LogP contribution in [0.5, 0.6) is 0 Å². The van der Waals surface area contributed by atoms with Gasteiger partial charge in [0.25, 0.3) is 0 Å². The predicted octanol–water partition coefficient (Wildman–Crippen LogP) is 2.31. The SMILES string of the molecule is CCC(OC)C(Cc1ccc(Br)s1)NN. The monoisotopic (exact) mass is 292 g/mol. The normalized spacial score (nSPS) is 15.2. The summed E-state index contributed by atoms with van der Waals surface area (Å²) in [5, 5.41) is 0. The van der Waals surface area contributed by atoms with Crippen LogP contribution in [0.2, 0.25) is 0 Å². The Bertz CT molecular complexity index is 289. The van der Waals surface area contributed by atoms with Crippen molar-refractivity contribution in [2.45, 2.75) is 31.9 Å². The number of halogens is 1. The Morgan fingerprint density at radius 3 is 2.73 bits per heavy atom. The van der Waals surface area contributed by atoms with E-state index >= 15 is 0 Å². The highest BCUT2D eigenvalue weighted by Crippen LogP contribution is 2.24. The smallest absolute Gasteiger partial charge is 0.0738 e. The molecule has 1 rings (SSSR count). The van der Waals surface area contributed by atoms with Crippen LogP contribution in [0.3, 0.4) is 0 Å². The minimum atomic E-state index is 0.163. The molecule has 2 atom stereocenters. The van der Waals surface area contributed by atoms with Gasteiger partial charge in [0.05, 0.1) is 15.9 Å². The quantitative estimate of drug-likeness (QED) is 0.625. The first-order chi connectivity index (χ1) is 7.21. The Balaban J connectivity index is 2.60. The maximum atomic E-state index is 5.54. The first-order valence-corrected chi connectivity index (χ1v) is 6.55. The molecule has 0 amide bonds. The van der Waals surface area contributed by atoms with Gasteiger partial charge >= 0.3 is 0 Å². The number of nitrogens with two attached hydrogens (primary N) is 1. The van der Waals surface area contributed by atoms with E-state index in [1.54, 1.807) is 18.4 Å². The summed E-state index contributed by atoms with van der Waals surface area (Å²) in [7, 11) is 1.73. The standard InChI is InChI=1S/C10H17BrN2OS/c1-3-9(14-2)8(13-12)6-7-4-5-10(11)15-7/h4-5,8-9,13H,3,6,12H2,1-2H3. The summed E-state index contributed by atoms with van der Waals surface area (Å²) >= 11 is 5.19. The number of hydrogen-bond acceptors (Lipinski definition) is 4. The lowest BCUT2D eigenvalue weighted by Crippen LogP contribution is -2.45. The van der Waals surface area contributed by atoms with Crippen LogP contribution >= 0.6 is 27.3 Å². The summed E-state index contributed by atoms with van der Waals surface area (Å²) in [5.74, 6) is 5.54. The molecule has 5 heteroatoms. The van der Waals surface area contributed by atoms with Crippen molar-refractivity contribution < 1.29 is 4.74 Å². The molecule has 15 heavy (non-hydrogen) atoms. The van der Waals surface area contributed by atoms with Gasteiger partial charge in [-0.25, -0.2) is 0 Å². The Kier molecular flexibility index (Phi) is 5.78. The van der Waals surface area contributed by atoms with Crippen LogP contribution in [0.25, 0.3) is 0 Å². The number of hydrazine groups is 1. The average Bonchev–Trinajstić information content (AvgIpc) is 2.64. The Labute approximate surface area is 103 Å². The third-order valence-corrected chi connectivity index (χ3v) is 4.06. The molecule has 2 unspecified atom stereocenters. The largest absolute Gasteiger partial charge is 0.380 e. The van der Waals surface area contributed by atoms with E-state index < -0.39 is 0 Å². The van der Waals surface area contributed by atoms with Crippen LogP contribution in [-0.4, -0.2) is 19.3 Å². The van der Waals surface area contributed by atoms with Gasteiger partial charge in [-0.05, 0) is 34.5 Å². The molecule has 0 aliphatic rings. The lowest BCUT2D eigenvalue weighted by atomic mass is 10.1. The maximum absolute atomic E-state index is 5.54. The topological polar surface area (TPSA) is 47.3 Å². The highest BCUT2D eigenvalue weighted by Gasteiger charge is 2.19. The number of methoxy groups -OCH3 is 1. The van der Waals surface area contributed by atoms with Gasteiger partial charge in [0.2, 0.25) is 0 Å². The molecular formula is C10H17BrN2OS. The third-order valence-electron chi connectivity index (χ3n) is 2.42. The van der Waals surface area contributed by atoms with Crippen molar-refractivity contribution in [1.82, 2.24) is 5.43 Å². The van der Waals surface area contributed by atoms with Crippen LogP contribution in [0.15, 0.2) is 15.9 Å². The molecule has 0 saturated heterocycles. The average molecular weight is 293 g/mol. The second kappa shape index (κ2) is 6.60. The fourth-order valence-electron chi connectivity index (χ4n) is 1.59. The molecule has 3 N–H and O–H groups in total. The minimum Gasteiger partial charge on any atom is -0.380 e. The lowest BCUT2D eigenvalue weighted by Gasteiger charge is -2.23. The molecule has 0 aromatic carbocycles. The molecule has 1 heterocycles. The van der Waals surface area contributed by atoms with E-state index in [1.165, 1.54) is 4.88 Å². The Morgan fingerprint density at radius 2 is 2.33 bits per heavy atom. The van der Waals surface area contributed by atoms with Crippen LogP contribution < -0.4 is 11.3 Å². The fourth-order valence-corrected chi connectivity index (χ4v) is 3.13. The highest BCUT2D eigenvalue weighted by atomic mass is 79.9. The Morgan fingerprint density at radius 1 is 1.60 bits per heavy atom. The summed E-state index contributed by atoms with van der Waals surface area (Å²) in [6, 6.07) is 4.34. The van der Waals surface area contributed by atoms with E-state index in [9.17, 15) is 0 Å². The predicted molar refractivity (Wildman–Crippen MR) is 67.9 cm³/mol. The zero-order chi connectivity index (χ0) is 11.3. The molecule has 0 bridgehead atoms. The molecule has 86 valence electrons. The molecule has 0 radical (unpaired) electrons. The number of thiophene rings is 1. The summed E-state index contributed by atoms with van der Waals surface area (Å²) in [5.41, 5.74) is 2.83. The third kappa shape index (κ3) is 3.85. The van der Waals surface area contributed by atoms with Gasteiger partial charge in [-0.15, -0.1) is 11.3 Å². The van der Waals surface area contributed by atoms with E-state index in [-0.39, 0.29) is 12.1 Å². The summed E-state index contributed by atoms with van der Waals surface area (Å²) < 4.78 is 6.53. The zero-order valence-corrected chi connectivity index (χ0v) is 11.4. The second-order valence-electron chi connectivity index (χ2n) is 3.37. The highest BCUT2D eigenvalue weighted by molar-refractivity contribution is 9.11. The molecule has 0 saturated carbocycles. The second-order valence-corrected chi connectivity index (χ2v) is 5.91. The number of ether oxygens (including phenoxy) is 1. The van der Waals surface area contributed by atoms with Crippen molar-refractivity contribution in [1.29, 1.82) is 0 Å². The van der Waals surface area contributed by atoms with Crippen molar-refractivity contribution >= 4 is 27.3 Å². The molecule has 0 fully saturated rings. The van der Waals surface area contributed by atoms with Gasteiger partial charge < -0.3 is 4.74 Å². The van der Waals surface area contributed by atoms with E-state index in [1.807, 2.05) is 0 Å². The Hall–Kier alpha value is 0.0600. The van der Waals surface area contributed by atoms with Crippen molar-refractivity contribution in [3.8, 4) is 0 Å². The van der Waals surface area contributed by atoms with Crippen LogP contribution in [-0.2, 0) is 11.2 Å². The van der Waals surface area contributed by atoms with Crippen LogP contribution in [0.1, 0.15) is 18.2 Å². The minimum absolute atomic E-state index is 0.163. The van der Waals surface area contributed by atoms with Gasteiger partial charge in [0.15, 0.2) is 0 Å². The van der Waals surface area contributed by atoms with E-state index in [4.69, 9.17) is 10.6 Å². The van der Waals surface area contributed by atoms with Crippen LogP contribution in [0.4, 0.5) is 0 Å². The van der Waals surface area contributed by atoms with Crippen molar-refractivity contribution in [2.75, 3.05) is 7.11 Å². The van der Waals surface area contributed by atoms with Crippen LogP contribution in [0, 0.1) is 0 Å². The fraction of sp³-hybridized carbons (Fsp3) is 0.600. The lowest BCUT2D eigenvalue weighted by molar-refractivity contribution is 0.0656. The molecule has 0 spiro atoms. The molecule has 0 aliphatic heterocycles. The van der Waals surface area contributed by atoms with Gasteiger partial charge in [-0.2, -0.15) is 0 Å². The summed E-state index contributed by atoms with van der Waals surface area (Å²) in [6.45, 7) is 2.10. The van der Waals surface area contributed by atoms with E-state index in [0.29, 0.717) is 0 Å². The first-order valence-electron chi connectivity index (χ1n) is 4.94. The van der Waals surface area contributed by atoms with E-state index in [2.05, 4.69) is 40.4 Å².